The van der Waals surface area contributed by atoms with Gasteiger partial charge in [-0.1, -0.05) is 0 Å². The molecule has 1 aliphatic heterocycles. The predicted octanol–water partition coefficient (Wildman–Crippen LogP) is 2.12. The van der Waals surface area contributed by atoms with Gasteiger partial charge < -0.3 is 20.5 Å². The molecule has 1 fully saturated rings. The summed E-state index contributed by atoms with van der Waals surface area (Å²) in [4.78, 5) is 25.9. The number of hydrogen-bond donors (Lipinski definition) is 3. The number of aliphatic hydroxyl groups is 1. The Labute approximate surface area is 195 Å². The fourth-order valence-electron chi connectivity index (χ4n) is 3.60. The lowest BCUT2D eigenvalue weighted by molar-refractivity contribution is -0.00177. The number of aromatic nitrogens is 4. The number of ether oxygens (including phenoxy) is 1. The third-order valence-corrected chi connectivity index (χ3v) is 5.69. The molecular weight excluding hydrogens is 441 g/mol. The molecule has 0 aliphatic carbocycles. The summed E-state index contributed by atoms with van der Waals surface area (Å²) in [6.45, 7) is 3.59. The van der Waals surface area contributed by atoms with E-state index in [4.69, 9.17) is 10.00 Å². The van der Waals surface area contributed by atoms with Gasteiger partial charge in [-0.15, -0.1) is 0 Å². The zero-order valence-electron chi connectivity index (χ0n) is 19.0. The molecule has 3 N–H and O–H groups in total. The Morgan fingerprint density at radius 1 is 1.32 bits per heavy atom. The minimum Gasteiger partial charge on any atom is -0.387 e. The molecule has 1 aliphatic rings. The molecule has 0 spiro atoms. The molecule has 1 amide bonds. The summed E-state index contributed by atoms with van der Waals surface area (Å²) in [7, 11) is 0. The summed E-state index contributed by atoms with van der Waals surface area (Å²) in [5.74, 6) is -0.0292. The summed E-state index contributed by atoms with van der Waals surface area (Å²) in [6.07, 6.45) is 4.35. The molecule has 3 aromatic heterocycles. The van der Waals surface area contributed by atoms with E-state index in [-0.39, 0.29) is 18.2 Å². The fourth-order valence-corrected chi connectivity index (χ4v) is 3.60. The van der Waals surface area contributed by atoms with Gasteiger partial charge in [0.2, 0.25) is 0 Å². The number of fused-ring (bicyclic) bond motifs is 1. The van der Waals surface area contributed by atoms with E-state index < -0.39 is 17.7 Å². The molecule has 178 valence electrons. The first-order valence-electron chi connectivity index (χ1n) is 11.0. The van der Waals surface area contributed by atoms with Crippen molar-refractivity contribution in [1.82, 2.24) is 24.8 Å². The van der Waals surface area contributed by atoms with E-state index >= 15 is 0 Å². The van der Waals surface area contributed by atoms with E-state index in [2.05, 4.69) is 25.6 Å². The van der Waals surface area contributed by atoms with Crippen LogP contribution in [0.4, 0.5) is 10.1 Å². The predicted molar refractivity (Wildman–Crippen MR) is 122 cm³/mol. The van der Waals surface area contributed by atoms with Crippen LogP contribution in [0.2, 0.25) is 0 Å². The number of halogens is 1. The van der Waals surface area contributed by atoms with Crippen LogP contribution in [0.15, 0.2) is 30.9 Å². The molecule has 0 saturated carbocycles. The van der Waals surface area contributed by atoms with Gasteiger partial charge in [0.1, 0.15) is 29.9 Å². The third kappa shape index (κ3) is 5.13. The molecule has 4 heterocycles. The van der Waals surface area contributed by atoms with Crippen molar-refractivity contribution >= 4 is 22.8 Å². The van der Waals surface area contributed by atoms with E-state index in [0.29, 0.717) is 41.4 Å². The first kappa shape index (κ1) is 23.5. The van der Waals surface area contributed by atoms with Gasteiger partial charge in [-0.05, 0) is 32.8 Å². The number of pyridine rings is 2. The molecule has 1 atom stereocenters. The van der Waals surface area contributed by atoms with Crippen molar-refractivity contribution in [2.75, 3.05) is 25.1 Å². The Bertz CT molecular complexity index is 1230. The van der Waals surface area contributed by atoms with Gasteiger partial charge in [0.15, 0.2) is 5.65 Å². The molecule has 10 nitrogen and oxygen atoms in total. The summed E-state index contributed by atoms with van der Waals surface area (Å²) < 4.78 is 21.3. The van der Waals surface area contributed by atoms with Crippen LogP contribution in [-0.2, 0) is 4.74 Å². The van der Waals surface area contributed by atoms with Crippen LogP contribution in [-0.4, -0.2) is 68.1 Å². The van der Waals surface area contributed by atoms with Crippen molar-refractivity contribution in [1.29, 1.82) is 5.26 Å². The molecule has 11 heteroatoms. The number of nitrogens with one attached hydrogen (secondary N) is 2. The Kier molecular flexibility index (Phi) is 6.72. The highest BCUT2D eigenvalue weighted by atomic mass is 19.1. The zero-order valence-corrected chi connectivity index (χ0v) is 19.0. The van der Waals surface area contributed by atoms with Crippen molar-refractivity contribution in [3.05, 3.63) is 42.0 Å². The molecule has 34 heavy (non-hydrogen) atoms. The lowest BCUT2D eigenvalue weighted by Gasteiger charge is -2.26. The Morgan fingerprint density at radius 2 is 2.09 bits per heavy atom. The number of nitriles is 1. The second kappa shape index (κ2) is 9.70. The highest BCUT2D eigenvalue weighted by Crippen LogP contribution is 2.24. The van der Waals surface area contributed by atoms with Crippen molar-refractivity contribution in [2.24, 2.45) is 0 Å². The number of anilines is 1. The third-order valence-electron chi connectivity index (χ3n) is 5.69. The Hall–Kier alpha value is -3.62. The lowest BCUT2D eigenvalue weighted by Crippen LogP contribution is -2.42. The first-order chi connectivity index (χ1) is 16.3. The van der Waals surface area contributed by atoms with Gasteiger partial charge in [-0.2, -0.15) is 5.26 Å². The van der Waals surface area contributed by atoms with Crippen molar-refractivity contribution < 1.29 is 19.0 Å². The van der Waals surface area contributed by atoms with E-state index in [0.717, 1.165) is 12.8 Å². The highest BCUT2D eigenvalue weighted by Gasteiger charge is 2.27. The number of amides is 1. The maximum absolute atomic E-state index is 14.2. The molecule has 0 radical (unpaired) electrons. The van der Waals surface area contributed by atoms with Gasteiger partial charge in [0, 0.05) is 37.7 Å². The fraction of sp³-hybridized carbons (Fsp3) is 0.435. The number of carbonyl (C=O) groups is 1. The van der Waals surface area contributed by atoms with Crippen molar-refractivity contribution in [2.45, 2.75) is 44.5 Å². The molecule has 3 aromatic rings. The average molecular weight is 468 g/mol. The van der Waals surface area contributed by atoms with E-state index in [9.17, 15) is 14.3 Å². The van der Waals surface area contributed by atoms with Crippen LogP contribution in [0.1, 0.15) is 42.6 Å². The van der Waals surface area contributed by atoms with E-state index in [1.807, 2.05) is 6.07 Å². The SMILES string of the molecule is CC(C)(O)C(F)CNC(=O)c1cnc(-n2cnc3cc(C#N)cnc32)cc1NC1CCOCC1. The zero-order chi connectivity index (χ0) is 24.3. The number of nitrogens with zero attached hydrogens (tertiary/aromatic N) is 5. The number of hydrogen-bond acceptors (Lipinski definition) is 8. The standard InChI is InChI=1S/C23H26FN7O3/c1-23(2,33)19(24)12-28-22(32)16-11-26-20(8-17(16)30-15-3-5-34-6-4-15)31-13-29-18-7-14(9-25)10-27-21(18)31/h7-8,10-11,13,15,19,33H,3-6,12H2,1-2H3,(H,26,30)(H,28,32). The van der Waals surface area contributed by atoms with Gasteiger partial charge in [-0.25, -0.2) is 19.3 Å². The Balaban J connectivity index is 1.65. The largest absolute Gasteiger partial charge is 0.387 e. The average Bonchev–Trinajstić information content (AvgIpc) is 3.25. The molecule has 1 saturated heterocycles. The van der Waals surface area contributed by atoms with Gasteiger partial charge in [0.05, 0.1) is 29.0 Å². The molecule has 0 aromatic carbocycles. The smallest absolute Gasteiger partial charge is 0.255 e. The summed E-state index contributed by atoms with van der Waals surface area (Å²) in [6, 6.07) is 5.48. The molecule has 4 rings (SSSR count). The minimum atomic E-state index is -1.63. The Morgan fingerprint density at radius 3 is 2.79 bits per heavy atom. The normalized spacial score (nSPS) is 15.6. The first-order valence-corrected chi connectivity index (χ1v) is 11.0. The summed E-state index contributed by atoms with van der Waals surface area (Å²) in [5, 5.41) is 24.8. The van der Waals surface area contributed by atoms with Crippen LogP contribution in [0.25, 0.3) is 17.0 Å². The van der Waals surface area contributed by atoms with Gasteiger partial charge in [0.25, 0.3) is 5.91 Å². The van der Waals surface area contributed by atoms with Crippen LogP contribution in [0.3, 0.4) is 0 Å². The summed E-state index contributed by atoms with van der Waals surface area (Å²) in [5.41, 5.74) is 0.676. The molecule has 1 unspecified atom stereocenters. The second-order valence-electron chi connectivity index (χ2n) is 8.74. The lowest BCUT2D eigenvalue weighted by atomic mass is 10.0. The van der Waals surface area contributed by atoms with E-state index in [1.165, 1.54) is 26.2 Å². The maximum Gasteiger partial charge on any atom is 0.255 e. The topological polar surface area (TPSA) is 138 Å². The highest BCUT2D eigenvalue weighted by molar-refractivity contribution is 5.99. The van der Waals surface area contributed by atoms with Crippen molar-refractivity contribution in [3.63, 3.8) is 0 Å². The second-order valence-corrected chi connectivity index (χ2v) is 8.74. The van der Waals surface area contributed by atoms with Gasteiger partial charge >= 0.3 is 0 Å². The monoisotopic (exact) mass is 467 g/mol. The minimum absolute atomic E-state index is 0.0942. The van der Waals surface area contributed by atoms with Gasteiger partial charge in [-0.3, -0.25) is 9.36 Å². The molecule has 0 bridgehead atoms. The molecular formula is C23H26FN7O3. The quantitative estimate of drug-likeness (QED) is 0.480. The van der Waals surface area contributed by atoms with Crippen LogP contribution >= 0.6 is 0 Å². The van der Waals surface area contributed by atoms with E-state index in [1.54, 1.807) is 23.0 Å². The van der Waals surface area contributed by atoms with Crippen LogP contribution < -0.4 is 10.6 Å². The van der Waals surface area contributed by atoms with Crippen molar-refractivity contribution in [3.8, 4) is 11.9 Å². The summed E-state index contributed by atoms with van der Waals surface area (Å²) >= 11 is 0. The maximum atomic E-state index is 14.2. The van der Waals surface area contributed by atoms with Crippen LogP contribution in [0.5, 0.6) is 0 Å². The van der Waals surface area contributed by atoms with Crippen LogP contribution in [0, 0.1) is 11.3 Å². The number of alkyl halides is 1. The number of rotatable bonds is 7. The number of imidazole rings is 1. The number of carbonyl (C=O) groups excluding carboxylic acids is 1.